The molecule has 0 radical (unpaired) electrons. The molecule has 106 valence electrons. The molecule has 1 aliphatic rings. The Balaban J connectivity index is 1.89. The van der Waals surface area contributed by atoms with Crippen molar-refractivity contribution in [2.75, 3.05) is 12.4 Å². The number of ether oxygens (including phenoxy) is 2. The fraction of sp³-hybridized carbons (Fsp3) is 0.600. The first-order valence-corrected chi connectivity index (χ1v) is 7.73. The van der Waals surface area contributed by atoms with Crippen molar-refractivity contribution < 1.29 is 14.6 Å². The van der Waals surface area contributed by atoms with E-state index in [9.17, 15) is 5.11 Å². The Hall–Kier alpha value is -0.550. The lowest BCUT2D eigenvalue weighted by atomic mass is 10.1. The van der Waals surface area contributed by atoms with Crippen molar-refractivity contribution in [2.24, 2.45) is 0 Å². The highest BCUT2D eigenvalue weighted by molar-refractivity contribution is 7.99. The molecule has 1 heterocycles. The third-order valence-electron chi connectivity index (χ3n) is 3.46. The fourth-order valence-electron chi connectivity index (χ4n) is 2.01. The minimum absolute atomic E-state index is 0.0800. The molecule has 0 bridgehead atoms. The Kier molecular flexibility index (Phi) is 4.90. The van der Waals surface area contributed by atoms with Crippen molar-refractivity contribution in [2.45, 2.75) is 44.0 Å². The molecule has 1 aromatic carbocycles. The second-order valence-electron chi connectivity index (χ2n) is 5.14. The van der Waals surface area contributed by atoms with Gasteiger partial charge in [-0.15, -0.1) is 0 Å². The van der Waals surface area contributed by atoms with E-state index in [2.05, 4.69) is 0 Å². The Morgan fingerprint density at radius 3 is 2.68 bits per heavy atom. The average molecular weight is 282 g/mol. The summed E-state index contributed by atoms with van der Waals surface area (Å²) < 4.78 is 11.9. The van der Waals surface area contributed by atoms with Crippen LogP contribution in [0, 0.1) is 0 Å². The first-order valence-electron chi connectivity index (χ1n) is 6.68. The van der Waals surface area contributed by atoms with Gasteiger partial charge in [-0.3, -0.25) is 0 Å². The molecule has 1 aromatic rings. The number of rotatable bonds is 5. The van der Waals surface area contributed by atoms with Crippen LogP contribution in [0.4, 0.5) is 0 Å². The van der Waals surface area contributed by atoms with Crippen LogP contribution in [-0.2, 0) is 15.3 Å². The predicted molar refractivity (Wildman–Crippen MR) is 78.2 cm³/mol. The maximum atomic E-state index is 9.48. The van der Waals surface area contributed by atoms with Crippen LogP contribution in [0.25, 0.3) is 0 Å². The lowest BCUT2D eigenvalue weighted by molar-refractivity contribution is -0.159. The molecule has 1 N–H and O–H groups in total. The number of hydrogen-bond donors (Lipinski definition) is 1. The molecule has 1 saturated heterocycles. The third kappa shape index (κ3) is 3.72. The average Bonchev–Trinajstić information content (AvgIpc) is 2.80. The zero-order valence-electron chi connectivity index (χ0n) is 11.7. The van der Waals surface area contributed by atoms with Crippen molar-refractivity contribution in [1.82, 2.24) is 0 Å². The fourth-order valence-corrected chi connectivity index (χ4v) is 2.97. The van der Waals surface area contributed by atoms with Gasteiger partial charge < -0.3 is 14.6 Å². The van der Waals surface area contributed by atoms with Crippen LogP contribution in [0.15, 0.2) is 30.3 Å². The number of benzene rings is 1. The molecule has 0 saturated carbocycles. The van der Waals surface area contributed by atoms with E-state index in [0.29, 0.717) is 6.61 Å². The zero-order valence-corrected chi connectivity index (χ0v) is 12.5. The summed E-state index contributed by atoms with van der Waals surface area (Å²) in [6.45, 7) is 6.41. The van der Waals surface area contributed by atoms with Crippen LogP contribution in [0.2, 0.25) is 0 Å². The van der Waals surface area contributed by atoms with Crippen LogP contribution in [0.5, 0.6) is 0 Å². The Morgan fingerprint density at radius 1 is 1.37 bits per heavy atom. The maximum absolute atomic E-state index is 9.48. The predicted octanol–water partition coefficient (Wildman–Crippen LogP) is 2.78. The first kappa shape index (κ1) is 14.9. The van der Waals surface area contributed by atoms with Gasteiger partial charge in [-0.2, -0.15) is 11.8 Å². The first-order chi connectivity index (χ1) is 9.01. The number of thioether (sulfide) groups is 1. The molecule has 4 unspecified atom stereocenters. The Bertz CT molecular complexity index is 396. The molecule has 1 aliphatic heterocycles. The molecular weight excluding hydrogens is 260 g/mol. The van der Waals surface area contributed by atoms with Gasteiger partial charge in [-0.05, 0) is 13.8 Å². The molecule has 4 atom stereocenters. The van der Waals surface area contributed by atoms with Gasteiger partial charge >= 0.3 is 0 Å². The monoisotopic (exact) mass is 282 g/mol. The van der Waals surface area contributed by atoms with Crippen LogP contribution < -0.4 is 0 Å². The van der Waals surface area contributed by atoms with Crippen molar-refractivity contribution in [3.8, 4) is 0 Å². The smallest absolute Gasteiger partial charge is 0.192 e. The Morgan fingerprint density at radius 2 is 2.05 bits per heavy atom. The topological polar surface area (TPSA) is 38.7 Å². The van der Waals surface area contributed by atoms with Crippen molar-refractivity contribution in [3.05, 3.63) is 35.9 Å². The van der Waals surface area contributed by atoms with E-state index in [0.717, 1.165) is 11.3 Å². The van der Waals surface area contributed by atoms with Gasteiger partial charge in [0.15, 0.2) is 5.79 Å². The second kappa shape index (κ2) is 6.27. The standard InChI is InChI=1S/C15H22O3S/c1-11(16)12(2)19-10-14-9-17-15(3,18-14)13-7-5-4-6-8-13/h4-8,11-12,14,16H,9-10H2,1-3H3. The third-order valence-corrected chi connectivity index (χ3v) is 4.94. The summed E-state index contributed by atoms with van der Waals surface area (Å²) in [4.78, 5) is 0. The highest BCUT2D eigenvalue weighted by Gasteiger charge is 2.38. The summed E-state index contributed by atoms with van der Waals surface area (Å²) in [5.74, 6) is 0.203. The summed E-state index contributed by atoms with van der Waals surface area (Å²) in [7, 11) is 0. The van der Waals surface area contributed by atoms with Gasteiger partial charge in [0.1, 0.15) is 0 Å². The SMILES string of the molecule is CC(O)C(C)SCC1COC(C)(c2ccccc2)O1. The highest BCUT2D eigenvalue weighted by atomic mass is 32.2. The van der Waals surface area contributed by atoms with Gasteiger partial charge in [0.25, 0.3) is 0 Å². The molecule has 2 rings (SSSR count). The molecule has 4 heteroatoms. The van der Waals surface area contributed by atoms with Crippen LogP contribution in [0.1, 0.15) is 26.3 Å². The number of aliphatic hydroxyl groups excluding tert-OH is 1. The van der Waals surface area contributed by atoms with Crippen LogP contribution >= 0.6 is 11.8 Å². The van der Waals surface area contributed by atoms with Gasteiger partial charge in [-0.25, -0.2) is 0 Å². The minimum atomic E-state index is -0.638. The van der Waals surface area contributed by atoms with E-state index in [1.54, 1.807) is 11.8 Å². The molecule has 0 aromatic heterocycles. The van der Waals surface area contributed by atoms with E-state index in [1.165, 1.54) is 0 Å². The van der Waals surface area contributed by atoms with E-state index < -0.39 is 5.79 Å². The summed E-state index contributed by atoms with van der Waals surface area (Å²) in [6.07, 6.45) is -0.218. The summed E-state index contributed by atoms with van der Waals surface area (Å²) in [5, 5.41) is 9.70. The highest BCUT2D eigenvalue weighted by Crippen LogP contribution is 2.35. The van der Waals surface area contributed by atoms with E-state index in [-0.39, 0.29) is 17.5 Å². The van der Waals surface area contributed by atoms with E-state index in [4.69, 9.17) is 9.47 Å². The molecule has 0 spiro atoms. The minimum Gasteiger partial charge on any atom is -0.392 e. The maximum Gasteiger partial charge on any atom is 0.192 e. The summed E-state index contributed by atoms with van der Waals surface area (Å²) >= 11 is 1.72. The lowest BCUT2D eigenvalue weighted by Gasteiger charge is -2.24. The largest absolute Gasteiger partial charge is 0.392 e. The van der Waals surface area contributed by atoms with Crippen LogP contribution in [0.3, 0.4) is 0 Å². The van der Waals surface area contributed by atoms with E-state index in [1.807, 2.05) is 51.1 Å². The second-order valence-corrected chi connectivity index (χ2v) is 6.55. The van der Waals surface area contributed by atoms with Crippen molar-refractivity contribution in [3.63, 3.8) is 0 Å². The quantitative estimate of drug-likeness (QED) is 0.901. The molecule has 0 amide bonds. The number of hydrogen-bond acceptors (Lipinski definition) is 4. The normalized spacial score (nSPS) is 30.2. The number of aliphatic hydroxyl groups is 1. The van der Waals surface area contributed by atoms with Gasteiger partial charge in [0.05, 0.1) is 18.8 Å². The molecule has 19 heavy (non-hydrogen) atoms. The summed E-state index contributed by atoms with van der Waals surface area (Å²) in [6, 6.07) is 10.0. The van der Waals surface area contributed by atoms with Gasteiger partial charge in [-0.1, -0.05) is 37.3 Å². The lowest BCUT2D eigenvalue weighted by Crippen LogP contribution is -2.25. The Labute approximate surface area is 119 Å². The van der Waals surface area contributed by atoms with Crippen molar-refractivity contribution in [1.29, 1.82) is 0 Å². The van der Waals surface area contributed by atoms with Gasteiger partial charge in [0.2, 0.25) is 0 Å². The van der Waals surface area contributed by atoms with Crippen LogP contribution in [-0.4, -0.2) is 34.9 Å². The van der Waals surface area contributed by atoms with Gasteiger partial charge in [0, 0.05) is 16.6 Å². The van der Waals surface area contributed by atoms with Crippen molar-refractivity contribution >= 4 is 11.8 Å². The molecule has 3 nitrogen and oxygen atoms in total. The molecule has 0 aliphatic carbocycles. The molecule has 1 fully saturated rings. The van der Waals surface area contributed by atoms with E-state index >= 15 is 0 Å². The zero-order chi connectivity index (χ0) is 13.9. The summed E-state index contributed by atoms with van der Waals surface area (Å²) in [5.41, 5.74) is 1.05. The molecular formula is C15H22O3S.